The lowest BCUT2D eigenvalue weighted by Crippen LogP contribution is -2.26. The van der Waals surface area contributed by atoms with Gasteiger partial charge in [0.15, 0.2) is 0 Å². The summed E-state index contributed by atoms with van der Waals surface area (Å²) in [4.78, 5) is 2.56. The zero-order valence-electron chi connectivity index (χ0n) is 9.80. The lowest BCUT2D eigenvalue weighted by atomic mass is 10.2. The first-order valence-electron chi connectivity index (χ1n) is 5.68. The Morgan fingerprint density at radius 1 is 1.00 bits per heavy atom. The summed E-state index contributed by atoms with van der Waals surface area (Å²) >= 11 is 0. The highest BCUT2D eigenvalue weighted by atomic mass is 35.5. The SMILES string of the molecule is C=CCCN(CCCC)CCCC.Cl. The molecule has 86 valence electrons. The predicted octanol–water partition coefficient (Wildman–Crippen LogP) is 3.89. The fourth-order valence-electron chi connectivity index (χ4n) is 1.37. The summed E-state index contributed by atoms with van der Waals surface area (Å²) in [6.45, 7) is 12.0. The maximum atomic E-state index is 3.77. The summed E-state index contributed by atoms with van der Waals surface area (Å²) in [7, 11) is 0. The molecule has 0 N–H and O–H groups in total. The van der Waals surface area contributed by atoms with Crippen molar-refractivity contribution in [3.05, 3.63) is 12.7 Å². The minimum atomic E-state index is 0. The van der Waals surface area contributed by atoms with Gasteiger partial charge in [0.05, 0.1) is 0 Å². The summed E-state index contributed by atoms with van der Waals surface area (Å²) in [5.41, 5.74) is 0. The van der Waals surface area contributed by atoms with Crippen LogP contribution in [0.2, 0.25) is 0 Å². The second-order valence-electron chi connectivity index (χ2n) is 3.63. The molecule has 0 aromatic carbocycles. The molecule has 0 rings (SSSR count). The molecule has 1 nitrogen and oxygen atoms in total. The lowest BCUT2D eigenvalue weighted by molar-refractivity contribution is 0.270. The van der Waals surface area contributed by atoms with Crippen LogP contribution in [-0.4, -0.2) is 24.5 Å². The van der Waals surface area contributed by atoms with Gasteiger partial charge in [0.1, 0.15) is 0 Å². The third-order valence-corrected chi connectivity index (χ3v) is 2.31. The Kier molecular flexibility index (Phi) is 15.2. The topological polar surface area (TPSA) is 3.24 Å². The van der Waals surface area contributed by atoms with Crippen LogP contribution in [0.15, 0.2) is 12.7 Å². The number of hydrogen-bond acceptors (Lipinski definition) is 1. The van der Waals surface area contributed by atoms with E-state index >= 15 is 0 Å². The molecule has 0 atom stereocenters. The van der Waals surface area contributed by atoms with E-state index in [1.807, 2.05) is 6.08 Å². The van der Waals surface area contributed by atoms with Gasteiger partial charge in [-0.2, -0.15) is 0 Å². The van der Waals surface area contributed by atoms with Crippen molar-refractivity contribution in [1.29, 1.82) is 0 Å². The molecule has 0 bridgehead atoms. The van der Waals surface area contributed by atoms with E-state index in [-0.39, 0.29) is 12.4 Å². The number of rotatable bonds is 9. The van der Waals surface area contributed by atoms with Gasteiger partial charge in [-0.1, -0.05) is 32.8 Å². The molecule has 0 aromatic rings. The normalized spacial score (nSPS) is 9.93. The molecule has 0 amide bonds. The second kappa shape index (κ2) is 13.0. The van der Waals surface area contributed by atoms with Gasteiger partial charge in [0.25, 0.3) is 0 Å². The van der Waals surface area contributed by atoms with Crippen LogP contribution in [0.5, 0.6) is 0 Å². The van der Waals surface area contributed by atoms with E-state index in [1.165, 1.54) is 45.3 Å². The average molecular weight is 220 g/mol. The van der Waals surface area contributed by atoms with E-state index in [1.54, 1.807) is 0 Å². The molecule has 0 aromatic heterocycles. The van der Waals surface area contributed by atoms with Crippen molar-refractivity contribution < 1.29 is 0 Å². The van der Waals surface area contributed by atoms with Crippen LogP contribution in [0.3, 0.4) is 0 Å². The monoisotopic (exact) mass is 219 g/mol. The van der Waals surface area contributed by atoms with Crippen molar-refractivity contribution in [3.8, 4) is 0 Å². The van der Waals surface area contributed by atoms with Crippen LogP contribution in [-0.2, 0) is 0 Å². The third-order valence-electron chi connectivity index (χ3n) is 2.31. The molecule has 0 fully saturated rings. The van der Waals surface area contributed by atoms with Crippen molar-refractivity contribution in [1.82, 2.24) is 4.90 Å². The van der Waals surface area contributed by atoms with Crippen LogP contribution in [0.1, 0.15) is 46.0 Å². The smallest absolute Gasteiger partial charge is 0.00158 e. The Hall–Kier alpha value is -0.0100. The van der Waals surface area contributed by atoms with Crippen LogP contribution >= 0.6 is 12.4 Å². The van der Waals surface area contributed by atoms with Gasteiger partial charge in [-0.25, -0.2) is 0 Å². The van der Waals surface area contributed by atoms with Crippen LogP contribution < -0.4 is 0 Å². The van der Waals surface area contributed by atoms with Crippen LogP contribution in [0, 0.1) is 0 Å². The molecule has 0 heterocycles. The van der Waals surface area contributed by atoms with E-state index in [0.717, 1.165) is 6.42 Å². The van der Waals surface area contributed by atoms with Gasteiger partial charge < -0.3 is 4.90 Å². The minimum Gasteiger partial charge on any atom is -0.303 e. The molecule has 0 aliphatic rings. The highest BCUT2D eigenvalue weighted by Gasteiger charge is 2.01. The van der Waals surface area contributed by atoms with Gasteiger partial charge in [-0.15, -0.1) is 19.0 Å². The average Bonchev–Trinajstić information content (AvgIpc) is 2.17. The van der Waals surface area contributed by atoms with E-state index in [0.29, 0.717) is 0 Å². The zero-order chi connectivity index (χ0) is 9.94. The number of halogens is 1. The highest BCUT2D eigenvalue weighted by molar-refractivity contribution is 5.85. The fourth-order valence-corrected chi connectivity index (χ4v) is 1.37. The lowest BCUT2D eigenvalue weighted by Gasteiger charge is -2.20. The molecule has 0 unspecified atom stereocenters. The van der Waals surface area contributed by atoms with Gasteiger partial charge in [0.2, 0.25) is 0 Å². The van der Waals surface area contributed by atoms with Gasteiger partial charge >= 0.3 is 0 Å². The summed E-state index contributed by atoms with van der Waals surface area (Å²) in [6.07, 6.45) is 8.42. The Morgan fingerprint density at radius 3 is 1.86 bits per heavy atom. The van der Waals surface area contributed by atoms with Crippen molar-refractivity contribution in [2.45, 2.75) is 46.0 Å². The molecule has 0 spiro atoms. The van der Waals surface area contributed by atoms with E-state index in [9.17, 15) is 0 Å². The standard InChI is InChI=1S/C12H25N.ClH/c1-4-7-10-13(11-8-5-2)12-9-6-3;/h4H,1,5-12H2,2-3H3;1H. The molecule has 2 heteroatoms. The molecule has 14 heavy (non-hydrogen) atoms. The summed E-state index contributed by atoms with van der Waals surface area (Å²) in [6, 6.07) is 0. The van der Waals surface area contributed by atoms with Gasteiger partial charge in [-0.3, -0.25) is 0 Å². The molecular weight excluding hydrogens is 194 g/mol. The molecule has 0 aliphatic heterocycles. The highest BCUT2D eigenvalue weighted by Crippen LogP contribution is 2.00. The van der Waals surface area contributed by atoms with Crippen molar-refractivity contribution in [2.24, 2.45) is 0 Å². The molecule has 0 saturated carbocycles. The first-order chi connectivity index (χ1) is 6.35. The van der Waals surface area contributed by atoms with E-state index in [4.69, 9.17) is 0 Å². The van der Waals surface area contributed by atoms with Crippen molar-refractivity contribution >= 4 is 12.4 Å². The molecule has 0 radical (unpaired) electrons. The van der Waals surface area contributed by atoms with Gasteiger partial charge in [0, 0.05) is 6.54 Å². The minimum absolute atomic E-state index is 0. The van der Waals surface area contributed by atoms with E-state index in [2.05, 4.69) is 25.3 Å². The van der Waals surface area contributed by atoms with Crippen molar-refractivity contribution in [2.75, 3.05) is 19.6 Å². The third kappa shape index (κ3) is 10.1. The largest absolute Gasteiger partial charge is 0.303 e. The summed E-state index contributed by atoms with van der Waals surface area (Å²) in [5, 5.41) is 0. The molecule has 0 aliphatic carbocycles. The van der Waals surface area contributed by atoms with Crippen LogP contribution in [0.4, 0.5) is 0 Å². The Labute approximate surface area is 96.0 Å². The Bertz CT molecular complexity index is 107. The van der Waals surface area contributed by atoms with E-state index < -0.39 is 0 Å². The Morgan fingerprint density at radius 2 is 1.50 bits per heavy atom. The first kappa shape index (κ1) is 16.4. The maximum absolute atomic E-state index is 3.77. The Balaban J connectivity index is 0. The fraction of sp³-hybridized carbons (Fsp3) is 0.833. The summed E-state index contributed by atoms with van der Waals surface area (Å²) < 4.78 is 0. The second-order valence-corrected chi connectivity index (χ2v) is 3.63. The van der Waals surface area contributed by atoms with Crippen molar-refractivity contribution in [3.63, 3.8) is 0 Å². The molecule has 0 saturated heterocycles. The zero-order valence-corrected chi connectivity index (χ0v) is 10.6. The number of unbranched alkanes of at least 4 members (excludes halogenated alkanes) is 2. The molecular formula is C12H26ClN. The quantitative estimate of drug-likeness (QED) is 0.532. The number of nitrogens with zero attached hydrogens (tertiary/aromatic N) is 1. The number of hydrogen-bond donors (Lipinski definition) is 0. The van der Waals surface area contributed by atoms with Crippen LogP contribution in [0.25, 0.3) is 0 Å². The summed E-state index contributed by atoms with van der Waals surface area (Å²) in [5.74, 6) is 0. The first-order valence-corrected chi connectivity index (χ1v) is 5.68. The predicted molar refractivity (Wildman–Crippen MR) is 68.3 cm³/mol. The van der Waals surface area contributed by atoms with Gasteiger partial charge in [-0.05, 0) is 32.4 Å². The maximum Gasteiger partial charge on any atom is 0.00158 e.